The van der Waals surface area contributed by atoms with Gasteiger partial charge in [0.2, 0.25) is 0 Å². The van der Waals surface area contributed by atoms with Crippen molar-refractivity contribution in [2.45, 2.75) is 11.9 Å². The van der Waals surface area contributed by atoms with Crippen molar-refractivity contribution in [3.8, 4) is 10.6 Å². The highest BCUT2D eigenvalue weighted by molar-refractivity contribution is 7.13. The van der Waals surface area contributed by atoms with Crippen molar-refractivity contribution >= 4 is 34.5 Å². The number of amides is 1. The number of aromatic nitrogens is 4. The van der Waals surface area contributed by atoms with Crippen LogP contribution in [0, 0.1) is 0 Å². The van der Waals surface area contributed by atoms with Gasteiger partial charge in [0.05, 0.1) is 10.6 Å². The van der Waals surface area contributed by atoms with Crippen LogP contribution in [-0.2, 0) is 11.9 Å². The standard InChI is InChI=1S/C18H12ClF2N5OS/c19-18(20,21)15-7-12(14-4-2-6-28-14)24-16-8-13(25-26(15)16)17(27)23-10-11-3-1-5-22-9-11/h1-9H,10H2,(H,23,27). The predicted octanol–water partition coefficient (Wildman–Crippen LogP) is 4.07. The Morgan fingerprint density at radius 1 is 1.29 bits per heavy atom. The zero-order valence-corrected chi connectivity index (χ0v) is 15.7. The summed E-state index contributed by atoms with van der Waals surface area (Å²) in [5.74, 6) is -0.518. The van der Waals surface area contributed by atoms with Gasteiger partial charge in [-0.3, -0.25) is 9.78 Å². The van der Waals surface area contributed by atoms with Gasteiger partial charge in [-0.05, 0) is 40.7 Å². The number of rotatable bonds is 5. The molecule has 6 nitrogen and oxygen atoms in total. The molecule has 4 aromatic heterocycles. The minimum Gasteiger partial charge on any atom is -0.347 e. The summed E-state index contributed by atoms with van der Waals surface area (Å²) in [5, 5.41) is 4.79. The van der Waals surface area contributed by atoms with Crippen molar-refractivity contribution in [2.24, 2.45) is 0 Å². The van der Waals surface area contributed by atoms with Gasteiger partial charge in [0.1, 0.15) is 5.69 Å². The second-order valence-corrected chi connectivity index (χ2v) is 7.27. The van der Waals surface area contributed by atoms with E-state index in [2.05, 4.69) is 20.4 Å². The molecule has 4 heterocycles. The smallest absolute Gasteiger partial charge is 0.347 e. The Hall–Kier alpha value is -2.91. The van der Waals surface area contributed by atoms with Crippen molar-refractivity contribution in [3.63, 3.8) is 0 Å². The lowest BCUT2D eigenvalue weighted by Crippen LogP contribution is -2.23. The van der Waals surface area contributed by atoms with Crippen LogP contribution in [0.2, 0.25) is 0 Å². The van der Waals surface area contributed by atoms with E-state index in [1.54, 1.807) is 36.7 Å². The molecule has 0 aliphatic heterocycles. The van der Waals surface area contributed by atoms with Gasteiger partial charge in [0.25, 0.3) is 5.91 Å². The number of hydrogen-bond acceptors (Lipinski definition) is 5. The molecule has 10 heteroatoms. The molecule has 0 aliphatic rings. The summed E-state index contributed by atoms with van der Waals surface area (Å²) < 4.78 is 28.8. The van der Waals surface area contributed by atoms with Gasteiger partial charge < -0.3 is 5.32 Å². The van der Waals surface area contributed by atoms with Gasteiger partial charge in [-0.1, -0.05) is 12.1 Å². The highest BCUT2D eigenvalue weighted by Gasteiger charge is 2.33. The molecule has 4 rings (SSSR count). The van der Waals surface area contributed by atoms with Crippen LogP contribution in [-0.4, -0.2) is 25.5 Å². The van der Waals surface area contributed by atoms with E-state index < -0.39 is 17.0 Å². The van der Waals surface area contributed by atoms with E-state index >= 15 is 0 Å². The van der Waals surface area contributed by atoms with Crippen LogP contribution in [0.5, 0.6) is 0 Å². The molecule has 0 bridgehead atoms. The predicted molar refractivity (Wildman–Crippen MR) is 101 cm³/mol. The molecule has 1 N–H and O–H groups in total. The maximum absolute atomic E-state index is 14.0. The Morgan fingerprint density at radius 2 is 2.14 bits per heavy atom. The topological polar surface area (TPSA) is 72.2 Å². The van der Waals surface area contributed by atoms with Crippen molar-refractivity contribution in [1.82, 2.24) is 24.9 Å². The Bertz CT molecular complexity index is 1130. The zero-order valence-electron chi connectivity index (χ0n) is 14.1. The maximum atomic E-state index is 14.0. The first kappa shape index (κ1) is 18.5. The second kappa shape index (κ2) is 7.25. The van der Waals surface area contributed by atoms with Crippen molar-refractivity contribution in [1.29, 1.82) is 0 Å². The minimum atomic E-state index is -3.68. The molecule has 0 unspecified atom stereocenters. The summed E-state index contributed by atoms with van der Waals surface area (Å²) in [6.07, 6.45) is 3.24. The zero-order chi connectivity index (χ0) is 19.7. The Balaban J connectivity index is 1.70. The van der Waals surface area contributed by atoms with E-state index in [0.29, 0.717) is 10.6 Å². The van der Waals surface area contributed by atoms with Gasteiger partial charge in [-0.15, -0.1) is 11.3 Å². The first-order valence-electron chi connectivity index (χ1n) is 8.11. The highest BCUT2D eigenvalue weighted by Crippen LogP contribution is 2.35. The largest absolute Gasteiger partial charge is 0.364 e. The number of fused-ring (bicyclic) bond motifs is 1. The molecule has 28 heavy (non-hydrogen) atoms. The molecule has 0 atom stereocenters. The summed E-state index contributed by atoms with van der Waals surface area (Å²) >= 11 is 6.63. The number of halogens is 3. The van der Waals surface area contributed by atoms with E-state index in [9.17, 15) is 13.6 Å². The normalized spacial score (nSPS) is 11.7. The third kappa shape index (κ3) is 3.71. The Kier molecular flexibility index (Phi) is 4.78. The van der Waals surface area contributed by atoms with Crippen molar-refractivity contribution in [3.05, 3.63) is 71.1 Å². The van der Waals surface area contributed by atoms with E-state index in [1.807, 2.05) is 5.38 Å². The summed E-state index contributed by atoms with van der Waals surface area (Å²) in [5.41, 5.74) is 0.634. The van der Waals surface area contributed by atoms with E-state index in [0.717, 1.165) is 10.1 Å². The number of thiophene rings is 1. The second-order valence-electron chi connectivity index (χ2n) is 5.85. The fraction of sp³-hybridized carbons (Fsp3) is 0.111. The molecule has 0 fully saturated rings. The van der Waals surface area contributed by atoms with Crippen LogP contribution < -0.4 is 5.32 Å². The summed E-state index contributed by atoms with van der Waals surface area (Å²) in [6.45, 7) is 0.229. The van der Waals surface area contributed by atoms with Crippen LogP contribution in [0.15, 0.2) is 54.2 Å². The Labute approximate surface area is 166 Å². The number of carbonyl (C=O) groups excluding carboxylic acids is 1. The summed E-state index contributed by atoms with van der Waals surface area (Å²) in [6, 6.07) is 9.63. The summed E-state index contributed by atoms with van der Waals surface area (Å²) in [4.78, 5) is 21.4. The molecular formula is C18H12ClF2N5OS. The Morgan fingerprint density at radius 3 is 2.82 bits per heavy atom. The first-order valence-corrected chi connectivity index (χ1v) is 9.36. The first-order chi connectivity index (χ1) is 13.4. The van der Waals surface area contributed by atoms with Gasteiger partial charge >= 0.3 is 5.38 Å². The van der Waals surface area contributed by atoms with E-state index in [1.165, 1.54) is 23.5 Å². The molecule has 0 radical (unpaired) electrons. The summed E-state index contributed by atoms with van der Waals surface area (Å²) in [7, 11) is 0. The average Bonchev–Trinajstić information content (AvgIpc) is 3.34. The number of pyridine rings is 1. The number of nitrogens with one attached hydrogen (secondary N) is 1. The number of hydrogen-bond donors (Lipinski definition) is 1. The van der Waals surface area contributed by atoms with Crippen molar-refractivity contribution < 1.29 is 13.6 Å². The van der Waals surface area contributed by atoms with Gasteiger partial charge in [-0.2, -0.15) is 13.9 Å². The fourth-order valence-corrected chi connectivity index (χ4v) is 3.43. The molecule has 0 aromatic carbocycles. The number of carbonyl (C=O) groups is 1. The molecule has 0 saturated heterocycles. The number of alkyl halides is 3. The molecule has 1 amide bonds. The molecule has 0 saturated carbocycles. The van der Waals surface area contributed by atoms with E-state index in [4.69, 9.17) is 11.6 Å². The SMILES string of the molecule is O=C(NCc1cccnc1)c1cc2nc(-c3cccs3)cc(C(F)(F)Cl)n2n1. The third-order valence-corrected chi connectivity index (χ3v) is 4.99. The van der Waals surface area contributed by atoms with Crippen LogP contribution in [0.3, 0.4) is 0 Å². The monoisotopic (exact) mass is 419 g/mol. The highest BCUT2D eigenvalue weighted by atomic mass is 35.5. The average molecular weight is 420 g/mol. The maximum Gasteiger partial charge on any atom is 0.364 e. The van der Waals surface area contributed by atoms with Crippen molar-refractivity contribution in [2.75, 3.05) is 0 Å². The lowest BCUT2D eigenvalue weighted by atomic mass is 10.2. The van der Waals surface area contributed by atoms with Gasteiger partial charge in [0, 0.05) is 25.0 Å². The lowest BCUT2D eigenvalue weighted by Gasteiger charge is -2.11. The van der Waals surface area contributed by atoms with Crippen LogP contribution in [0.25, 0.3) is 16.2 Å². The van der Waals surface area contributed by atoms with Crippen LogP contribution in [0.4, 0.5) is 8.78 Å². The van der Waals surface area contributed by atoms with Gasteiger partial charge in [-0.25, -0.2) is 9.50 Å². The molecule has 0 aliphatic carbocycles. The molecule has 142 valence electrons. The van der Waals surface area contributed by atoms with Crippen LogP contribution in [0.1, 0.15) is 21.7 Å². The molecule has 4 aromatic rings. The fourth-order valence-electron chi connectivity index (χ4n) is 2.61. The quantitative estimate of drug-likeness (QED) is 0.495. The van der Waals surface area contributed by atoms with Gasteiger partial charge in [0.15, 0.2) is 11.3 Å². The van der Waals surface area contributed by atoms with E-state index in [-0.39, 0.29) is 17.9 Å². The lowest BCUT2D eigenvalue weighted by molar-refractivity contribution is 0.0866. The van der Waals surface area contributed by atoms with Crippen LogP contribution >= 0.6 is 22.9 Å². The number of nitrogens with zero attached hydrogens (tertiary/aromatic N) is 4. The molecular weight excluding hydrogens is 408 g/mol. The third-order valence-electron chi connectivity index (χ3n) is 3.90. The molecule has 0 spiro atoms. The minimum absolute atomic E-state index is 0.0399.